The van der Waals surface area contributed by atoms with Crippen LogP contribution in [0, 0.1) is 0 Å². The first-order valence-corrected chi connectivity index (χ1v) is 7.34. The Hall–Kier alpha value is -0.870. The topological polar surface area (TPSA) is 29.5 Å². The Kier molecular flexibility index (Phi) is 4.78. The Bertz CT molecular complexity index is 399. The molecule has 1 amide bonds. The van der Waals surface area contributed by atoms with Crippen molar-refractivity contribution in [2.24, 2.45) is 0 Å². The van der Waals surface area contributed by atoms with Crippen molar-refractivity contribution in [1.29, 1.82) is 0 Å². The molecule has 1 fully saturated rings. The summed E-state index contributed by atoms with van der Waals surface area (Å²) in [5.74, 6) is 0.100. The van der Waals surface area contributed by atoms with Crippen LogP contribution in [0.15, 0.2) is 24.3 Å². The van der Waals surface area contributed by atoms with E-state index in [0.717, 1.165) is 36.9 Å². The monoisotopic (exact) mass is 311 g/mol. The molecule has 1 heterocycles. The van der Waals surface area contributed by atoms with Crippen LogP contribution in [0.5, 0.6) is 0 Å². The maximum atomic E-state index is 12.3. The van der Waals surface area contributed by atoms with Crippen molar-refractivity contribution in [3.63, 3.8) is 0 Å². The van der Waals surface area contributed by atoms with Gasteiger partial charge in [-0.2, -0.15) is 0 Å². The van der Waals surface area contributed by atoms with Crippen molar-refractivity contribution in [2.45, 2.75) is 24.2 Å². The average Bonchev–Trinajstić information content (AvgIpc) is 2.47. The van der Waals surface area contributed by atoms with E-state index >= 15 is 0 Å². The van der Waals surface area contributed by atoms with Crippen LogP contribution in [-0.4, -0.2) is 37.1 Å². The highest BCUT2D eigenvalue weighted by Gasteiger charge is 2.23. The summed E-state index contributed by atoms with van der Waals surface area (Å²) in [5, 5.41) is 0.817. The quantitative estimate of drug-likeness (QED) is 0.803. The van der Waals surface area contributed by atoms with Gasteiger partial charge in [0.2, 0.25) is 0 Å². The van der Waals surface area contributed by atoms with Gasteiger partial charge in [0.25, 0.3) is 5.91 Å². The number of rotatable bonds is 3. The van der Waals surface area contributed by atoms with E-state index in [1.165, 1.54) is 5.56 Å². The van der Waals surface area contributed by atoms with Gasteiger partial charge in [0, 0.05) is 37.2 Å². The maximum absolute atomic E-state index is 12.3. The van der Waals surface area contributed by atoms with Gasteiger partial charge < -0.3 is 9.64 Å². The molecule has 2 rings (SSSR count). The molecule has 3 nitrogen and oxygen atoms in total. The van der Waals surface area contributed by atoms with E-state index in [9.17, 15) is 4.79 Å². The van der Waals surface area contributed by atoms with Crippen LogP contribution < -0.4 is 0 Å². The Morgan fingerprint density at radius 3 is 2.50 bits per heavy atom. The second kappa shape index (κ2) is 6.34. The molecule has 1 aromatic rings. The van der Waals surface area contributed by atoms with Crippen LogP contribution in [0.3, 0.4) is 0 Å². The highest BCUT2D eigenvalue weighted by atomic mass is 79.9. The third-order valence-corrected chi connectivity index (χ3v) is 4.06. The highest BCUT2D eigenvalue weighted by molar-refractivity contribution is 9.08. The number of nitrogens with zero attached hydrogens (tertiary/aromatic N) is 1. The van der Waals surface area contributed by atoms with Gasteiger partial charge in [-0.05, 0) is 30.5 Å². The molecule has 1 aliphatic heterocycles. The first-order chi connectivity index (χ1) is 8.72. The zero-order valence-electron chi connectivity index (χ0n) is 10.6. The molecule has 4 heteroatoms. The lowest BCUT2D eigenvalue weighted by Gasteiger charge is -2.31. The largest absolute Gasteiger partial charge is 0.381 e. The second-order valence-corrected chi connectivity index (χ2v) is 5.15. The van der Waals surface area contributed by atoms with Crippen LogP contribution in [0.1, 0.15) is 28.8 Å². The number of benzene rings is 1. The molecular weight excluding hydrogens is 294 g/mol. The smallest absolute Gasteiger partial charge is 0.253 e. The summed E-state index contributed by atoms with van der Waals surface area (Å²) in [6.07, 6.45) is 1.86. The fourth-order valence-electron chi connectivity index (χ4n) is 2.18. The van der Waals surface area contributed by atoms with Gasteiger partial charge in [-0.3, -0.25) is 4.79 Å². The number of alkyl halides is 1. The van der Waals surface area contributed by atoms with Gasteiger partial charge in [-0.25, -0.2) is 0 Å². The van der Waals surface area contributed by atoms with Gasteiger partial charge in [0.05, 0.1) is 0 Å². The molecule has 1 saturated heterocycles. The normalized spacial score (nSPS) is 16.6. The van der Waals surface area contributed by atoms with E-state index in [1.54, 1.807) is 0 Å². The molecule has 0 N–H and O–H groups in total. The predicted octanol–water partition coefficient (Wildman–Crippen LogP) is 2.83. The summed E-state index contributed by atoms with van der Waals surface area (Å²) >= 11 is 3.40. The van der Waals surface area contributed by atoms with E-state index in [1.807, 2.05) is 36.2 Å². The summed E-state index contributed by atoms with van der Waals surface area (Å²) in [7, 11) is 1.89. The molecule has 0 atom stereocenters. The molecule has 0 spiro atoms. The third-order valence-electron chi connectivity index (χ3n) is 3.41. The van der Waals surface area contributed by atoms with Crippen LogP contribution in [0.2, 0.25) is 0 Å². The third kappa shape index (κ3) is 3.12. The fraction of sp³-hybridized carbons (Fsp3) is 0.500. The van der Waals surface area contributed by atoms with Crippen molar-refractivity contribution in [3.05, 3.63) is 35.4 Å². The van der Waals surface area contributed by atoms with Crippen molar-refractivity contribution in [3.8, 4) is 0 Å². The summed E-state index contributed by atoms with van der Waals surface area (Å²) in [6.45, 7) is 1.51. The standard InChI is InChI=1S/C14H18BrNO2/c1-16(13-6-8-18-9-7-13)14(17)12-4-2-11(10-15)3-5-12/h2-5,13H,6-10H2,1H3. The molecule has 1 aliphatic rings. The van der Waals surface area contributed by atoms with Crippen LogP contribution in [0.4, 0.5) is 0 Å². The van der Waals surface area contributed by atoms with E-state index < -0.39 is 0 Å². The van der Waals surface area contributed by atoms with E-state index in [-0.39, 0.29) is 5.91 Å². The summed E-state index contributed by atoms with van der Waals surface area (Å²) < 4.78 is 5.32. The number of halogens is 1. The van der Waals surface area contributed by atoms with Crippen LogP contribution in [-0.2, 0) is 10.1 Å². The Morgan fingerprint density at radius 1 is 1.33 bits per heavy atom. The van der Waals surface area contributed by atoms with Crippen molar-refractivity contribution < 1.29 is 9.53 Å². The number of hydrogen-bond donors (Lipinski definition) is 0. The zero-order chi connectivity index (χ0) is 13.0. The Balaban J connectivity index is 2.04. The minimum Gasteiger partial charge on any atom is -0.381 e. The first-order valence-electron chi connectivity index (χ1n) is 6.22. The van der Waals surface area contributed by atoms with Gasteiger partial charge in [-0.1, -0.05) is 28.1 Å². The molecule has 0 aliphatic carbocycles. The number of hydrogen-bond acceptors (Lipinski definition) is 2. The van der Waals surface area contributed by atoms with E-state index in [0.29, 0.717) is 6.04 Å². The molecule has 98 valence electrons. The van der Waals surface area contributed by atoms with Gasteiger partial charge in [-0.15, -0.1) is 0 Å². The maximum Gasteiger partial charge on any atom is 0.253 e. The molecule has 0 radical (unpaired) electrons. The predicted molar refractivity (Wildman–Crippen MR) is 75.0 cm³/mol. The lowest BCUT2D eigenvalue weighted by atomic mass is 10.1. The number of carbonyl (C=O) groups is 1. The molecule has 18 heavy (non-hydrogen) atoms. The number of carbonyl (C=O) groups excluding carboxylic acids is 1. The van der Waals surface area contributed by atoms with Crippen molar-refractivity contribution >= 4 is 21.8 Å². The average molecular weight is 312 g/mol. The Labute approximate surface area is 116 Å². The van der Waals surface area contributed by atoms with E-state index in [2.05, 4.69) is 15.9 Å². The molecule has 0 bridgehead atoms. The second-order valence-electron chi connectivity index (χ2n) is 4.59. The Morgan fingerprint density at radius 2 is 1.94 bits per heavy atom. The molecule has 0 unspecified atom stereocenters. The van der Waals surface area contributed by atoms with Crippen LogP contribution >= 0.6 is 15.9 Å². The number of ether oxygens (including phenoxy) is 1. The fourth-order valence-corrected chi connectivity index (χ4v) is 2.55. The summed E-state index contributed by atoms with van der Waals surface area (Å²) in [6, 6.07) is 8.07. The zero-order valence-corrected chi connectivity index (χ0v) is 12.1. The summed E-state index contributed by atoms with van der Waals surface area (Å²) in [5.41, 5.74) is 1.94. The molecule has 0 aromatic heterocycles. The van der Waals surface area contributed by atoms with Gasteiger partial charge in [0.1, 0.15) is 0 Å². The minimum atomic E-state index is 0.100. The highest BCUT2D eigenvalue weighted by Crippen LogP contribution is 2.16. The minimum absolute atomic E-state index is 0.100. The molecule has 1 aromatic carbocycles. The lowest BCUT2D eigenvalue weighted by molar-refractivity contribution is 0.0362. The van der Waals surface area contributed by atoms with Crippen LogP contribution in [0.25, 0.3) is 0 Å². The lowest BCUT2D eigenvalue weighted by Crippen LogP contribution is -2.40. The van der Waals surface area contributed by atoms with Gasteiger partial charge >= 0.3 is 0 Å². The van der Waals surface area contributed by atoms with Crippen molar-refractivity contribution in [1.82, 2.24) is 4.90 Å². The molecular formula is C14H18BrNO2. The van der Waals surface area contributed by atoms with E-state index in [4.69, 9.17) is 4.74 Å². The van der Waals surface area contributed by atoms with Gasteiger partial charge in [0.15, 0.2) is 0 Å². The molecule has 0 saturated carbocycles. The number of amides is 1. The summed E-state index contributed by atoms with van der Waals surface area (Å²) in [4.78, 5) is 14.2. The van der Waals surface area contributed by atoms with Crippen molar-refractivity contribution in [2.75, 3.05) is 20.3 Å². The SMILES string of the molecule is CN(C(=O)c1ccc(CBr)cc1)C1CCOCC1. The first kappa shape index (κ1) is 13.6.